The highest BCUT2D eigenvalue weighted by molar-refractivity contribution is 5.97. The van der Waals surface area contributed by atoms with Gasteiger partial charge in [0.05, 0.1) is 12.1 Å². The Hall–Kier alpha value is -3.14. The zero-order chi connectivity index (χ0) is 21.5. The lowest BCUT2D eigenvalue weighted by atomic mass is 9.80. The van der Waals surface area contributed by atoms with Crippen LogP contribution in [-0.2, 0) is 9.59 Å². The zero-order valence-corrected chi connectivity index (χ0v) is 17.7. The van der Waals surface area contributed by atoms with E-state index in [9.17, 15) is 9.59 Å². The van der Waals surface area contributed by atoms with E-state index in [2.05, 4.69) is 42.1 Å². The van der Waals surface area contributed by atoms with E-state index in [0.717, 1.165) is 35.0 Å². The van der Waals surface area contributed by atoms with Gasteiger partial charge in [-0.1, -0.05) is 26.8 Å². The molecular weight excluding hydrogens is 378 g/mol. The maximum Gasteiger partial charge on any atom is 0.237 e. The summed E-state index contributed by atoms with van der Waals surface area (Å²) in [5.74, 6) is 0.547. The Kier molecular flexibility index (Phi) is 5.10. The highest BCUT2D eigenvalue weighted by atomic mass is 16.2. The lowest BCUT2D eigenvalue weighted by Crippen LogP contribution is -2.48. The molecule has 7 heteroatoms. The highest BCUT2D eigenvalue weighted by Gasteiger charge is 2.35. The average molecular weight is 406 g/mol. The van der Waals surface area contributed by atoms with Crippen molar-refractivity contribution in [2.24, 2.45) is 11.3 Å². The number of H-pyrrole nitrogens is 1. The number of carbonyl (C=O) groups is 2. The Morgan fingerprint density at radius 1 is 1.37 bits per heavy atom. The van der Waals surface area contributed by atoms with Gasteiger partial charge < -0.3 is 15.2 Å². The van der Waals surface area contributed by atoms with Gasteiger partial charge in [0.25, 0.3) is 0 Å². The maximum absolute atomic E-state index is 12.5. The Morgan fingerprint density at radius 3 is 2.80 bits per heavy atom. The summed E-state index contributed by atoms with van der Waals surface area (Å²) in [5, 5.41) is 12.9. The minimum Gasteiger partial charge on any atom is -0.346 e. The molecule has 2 amide bonds. The number of anilines is 1. The number of rotatable bonds is 4. The predicted octanol–water partition coefficient (Wildman–Crippen LogP) is 3.86. The summed E-state index contributed by atoms with van der Waals surface area (Å²) in [6.45, 7) is 6.86. The predicted molar refractivity (Wildman–Crippen MR) is 115 cm³/mol. The molecule has 0 bridgehead atoms. The molecule has 2 N–H and O–H groups in total. The smallest absolute Gasteiger partial charge is 0.237 e. The first kappa shape index (κ1) is 20.1. The van der Waals surface area contributed by atoms with Crippen LogP contribution in [0.4, 0.5) is 5.82 Å². The van der Waals surface area contributed by atoms with Crippen LogP contribution in [0, 0.1) is 22.7 Å². The first-order chi connectivity index (χ1) is 14.3. The molecule has 0 aromatic carbocycles. The molecule has 0 radical (unpaired) electrons. The van der Waals surface area contributed by atoms with Crippen LogP contribution in [-0.4, -0.2) is 39.3 Å². The lowest BCUT2D eigenvalue weighted by molar-refractivity contribution is -0.133. The standard InChI is InChI=1S/C23H27N5O2/c1-23(2,3)18-12-15(8-11-28(18)20(29)6-9-24)17-13-19(27-22(30)14-4-5-14)26-21-16(17)7-10-25-21/h7,10,12-14,18H,4-6,8,11H2,1-3H3,(H2,25,26,27,30). The van der Waals surface area contributed by atoms with Gasteiger partial charge in [-0.3, -0.25) is 9.59 Å². The van der Waals surface area contributed by atoms with Crippen LogP contribution in [0.5, 0.6) is 0 Å². The van der Waals surface area contributed by atoms with Gasteiger partial charge in [0.15, 0.2) is 0 Å². The van der Waals surface area contributed by atoms with Crippen LogP contribution in [0.1, 0.15) is 52.0 Å². The minimum absolute atomic E-state index is 0.0258. The third-order valence-electron chi connectivity index (χ3n) is 5.83. The third-order valence-corrected chi connectivity index (χ3v) is 5.83. The third kappa shape index (κ3) is 3.95. The van der Waals surface area contributed by atoms with E-state index in [1.807, 2.05) is 29.3 Å². The quantitative estimate of drug-likeness (QED) is 0.806. The van der Waals surface area contributed by atoms with Crippen molar-refractivity contribution in [3.8, 4) is 6.07 Å². The molecule has 2 aromatic rings. The van der Waals surface area contributed by atoms with Crippen LogP contribution >= 0.6 is 0 Å². The van der Waals surface area contributed by atoms with Crippen LogP contribution < -0.4 is 5.32 Å². The van der Waals surface area contributed by atoms with Crippen molar-refractivity contribution in [1.82, 2.24) is 14.9 Å². The second kappa shape index (κ2) is 7.60. The molecule has 2 aromatic heterocycles. The topological polar surface area (TPSA) is 102 Å². The number of hydrogen-bond acceptors (Lipinski definition) is 4. The summed E-state index contributed by atoms with van der Waals surface area (Å²) in [5.41, 5.74) is 2.71. The van der Waals surface area contributed by atoms with Gasteiger partial charge >= 0.3 is 0 Å². The molecule has 1 aliphatic heterocycles. The van der Waals surface area contributed by atoms with Gasteiger partial charge in [0.2, 0.25) is 11.8 Å². The van der Waals surface area contributed by atoms with Gasteiger partial charge in [-0.15, -0.1) is 0 Å². The Balaban J connectivity index is 1.73. The van der Waals surface area contributed by atoms with Crippen molar-refractivity contribution in [3.05, 3.63) is 30.0 Å². The van der Waals surface area contributed by atoms with Gasteiger partial charge in [-0.05, 0) is 47.9 Å². The van der Waals surface area contributed by atoms with Gasteiger partial charge in [0, 0.05) is 24.0 Å². The number of nitrogens with one attached hydrogen (secondary N) is 2. The number of pyridine rings is 1. The molecule has 1 fully saturated rings. The van der Waals surface area contributed by atoms with E-state index in [1.165, 1.54) is 0 Å². The maximum atomic E-state index is 12.5. The average Bonchev–Trinajstić information content (AvgIpc) is 3.45. The zero-order valence-electron chi connectivity index (χ0n) is 17.7. The van der Waals surface area contributed by atoms with Crippen LogP contribution in [0.25, 0.3) is 16.6 Å². The summed E-state index contributed by atoms with van der Waals surface area (Å²) in [6, 6.07) is 5.79. The van der Waals surface area contributed by atoms with Crippen molar-refractivity contribution in [2.75, 3.05) is 11.9 Å². The molecule has 156 valence electrons. The number of carbonyl (C=O) groups excluding carboxylic acids is 2. The SMILES string of the molecule is CC(C)(C)C1C=C(c2cc(NC(=O)C3CC3)nc3[nH]ccc23)CCN1C(=O)CC#N. The number of hydrogen-bond donors (Lipinski definition) is 2. The lowest BCUT2D eigenvalue weighted by Gasteiger charge is -2.42. The fourth-order valence-electron chi connectivity index (χ4n) is 4.08. The molecule has 0 spiro atoms. The fraction of sp³-hybridized carbons (Fsp3) is 0.478. The van der Waals surface area contributed by atoms with E-state index >= 15 is 0 Å². The Morgan fingerprint density at radius 2 is 2.13 bits per heavy atom. The monoisotopic (exact) mass is 405 g/mol. The Labute approximate surface area is 176 Å². The summed E-state index contributed by atoms with van der Waals surface area (Å²) in [6.07, 6.45) is 6.45. The molecule has 1 saturated carbocycles. The second-order valence-corrected chi connectivity index (χ2v) is 9.23. The normalized spacial score (nSPS) is 19.3. The van der Waals surface area contributed by atoms with E-state index < -0.39 is 0 Å². The number of amides is 2. The number of nitrogens with zero attached hydrogens (tertiary/aromatic N) is 3. The molecule has 30 heavy (non-hydrogen) atoms. The van der Waals surface area contributed by atoms with Gasteiger partial charge in [0.1, 0.15) is 17.9 Å². The summed E-state index contributed by atoms with van der Waals surface area (Å²) < 4.78 is 0. The van der Waals surface area contributed by atoms with E-state index in [4.69, 9.17) is 5.26 Å². The fourth-order valence-corrected chi connectivity index (χ4v) is 4.08. The van der Waals surface area contributed by atoms with Crippen molar-refractivity contribution in [3.63, 3.8) is 0 Å². The summed E-state index contributed by atoms with van der Waals surface area (Å²) in [4.78, 5) is 34.3. The van der Waals surface area contributed by atoms with Gasteiger partial charge in [-0.25, -0.2) is 4.98 Å². The molecular formula is C23H27N5O2. The van der Waals surface area contributed by atoms with Crippen LogP contribution in [0.2, 0.25) is 0 Å². The van der Waals surface area contributed by atoms with E-state index in [-0.39, 0.29) is 35.6 Å². The number of fused-ring (bicyclic) bond motifs is 1. The van der Waals surface area contributed by atoms with Crippen molar-refractivity contribution < 1.29 is 9.59 Å². The van der Waals surface area contributed by atoms with Crippen molar-refractivity contribution >= 4 is 34.2 Å². The summed E-state index contributed by atoms with van der Waals surface area (Å²) >= 11 is 0. The number of aromatic amines is 1. The second-order valence-electron chi connectivity index (χ2n) is 9.23. The van der Waals surface area contributed by atoms with Crippen LogP contribution in [0.15, 0.2) is 24.4 Å². The van der Waals surface area contributed by atoms with Crippen molar-refractivity contribution in [1.29, 1.82) is 5.26 Å². The minimum atomic E-state index is -0.176. The number of nitriles is 1. The van der Waals surface area contributed by atoms with E-state index in [0.29, 0.717) is 18.8 Å². The first-order valence-corrected chi connectivity index (χ1v) is 10.4. The number of aromatic nitrogens is 2. The molecule has 1 aliphatic carbocycles. The largest absolute Gasteiger partial charge is 0.346 e. The molecule has 4 rings (SSSR count). The van der Waals surface area contributed by atoms with Gasteiger partial charge in [-0.2, -0.15) is 5.26 Å². The molecule has 1 atom stereocenters. The molecule has 0 saturated heterocycles. The highest BCUT2D eigenvalue weighted by Crippen LogP contribution is 2.37. The van der Waals surface area contributed by atoms with E-state index in [1.54, 1.807) is 0 Å². The molecule has 7 nitrogen and oxygen atoms in total. The molecule has 3 heterocycles. The first-order valence-electron chi connectivity index (χ1n) is 10.4. The Bertz CT molecular complexity index is 1070. The summed E-state index contributed by atoms with van der Waals surface area (Å²) in [7, 11) is 0. The van der Waals surface area contributed by atoms with Crippen molar-refractivity contribution in [2.45, 2.75) is 52.5 Å². The van der Waals surface area contributed by atoms with Crippen LogP contribution in [0.3, 0.4) is 0 Å². The molecule has 1 unspecified atom stereocenters. The molecule has 2 aliphatic rings.